The molecule has 0 amide bonds. The Morgan fingerprint density at radius 1 is 1.07 bits per heavy atom. The Labute approximate surface area is 161 Å². The highest BCUT2D eigenvalue weighted by Gasteiger charge is 2.25. The second-order valence-electron chi connectivity index (χ2n) is 6.49. The van der Waals surface area contributed by atoms with Gasteiger partial charge < -0.3 is 25.0 Å². The van der Waals surface area contributed by atoms with Crippen molar-refractivity contribution in [2.75, 3.05) is 39.3 Å². The number of aliphatic imine (C=N–C) groups is 1. The van der Waals surface area contributed by atoms with E-state index in [2.05, 4.69) is 32.7 Å². The van der Waals surface area contributed by atoms with Gasteiger partial charge in [-0.05, 0) is 24.6 Å². The highest BCUT2D eigenvalue weighted by atomic mass is 16.5. The minimum Gasteiger partial charge on any atom is -0.496 e. The largest absolute Gasteiger partial charge is 0.496 e. The van der Waals surface area contributed by atoms with Gasteiger partial charge in [-0.1, -0.05) is 30.3 Å². The summed E-state index contributed by atoms with van der Waals surface area (Å²) in [5.41, 5.74) is 2.24. The van der Waals surface area contributed by atoms with Crippen LogP contribution in [0, 0.1) is 0 Å². The van der Waals surface area contributed by atoms with Crippen LogP contribution in [0.2, 0.25) is 0 Å². The molecule has 144 valence electrons. The summed E-state index contributed by atoms with van der Waals surface area (Å²) in [6, 6.07) is 16.5. The average molecular weight is 368 g/mol. The number of para-hydroxylation sites is 3. The molecule has 1 aliphatic rings. The molecule has 0 aromatic heterocycles. The highest BCUT2D eigenvalue weighted by molar-refractivity contribution is 5.80. The predicted molar refractivity (Wildman–Crippen MR) is 110 cm³/mol. The molecule has 0 spiro atoms. The predicted octanol–water partition coefficient (Wildman–Crippen LogP) is 2.65. The zero-order valence-corrected chi connectivity index (χ0v) is 16.2. The second-order valence-corrected chi connectivity index (χ2v) is 6.49. The summed E-state index contributed by atoms with van der Waals surface area (Å²) in [6.45, 7) is 2.56. The molecule has 2 N–H and O–H groups in total. The number of nitrogens with zero attached hydrogens (tertiary/aromatic N) is 2. The van der Waals surface area contributed by atoms with Gasteiger partial charge in [-0.2, -0.15) is 0 Å². The molecular formula is C21H28N4O2. The zero-order chi connectivity index (χ0) is 19.1. The van der Waals surface area contributed by atoms with Crippen LogP contribution in [0.3, 0.4) is 0 Å². The number of methoxy groups -OCH3 is 2. The Kier molecular flexibility index (Phi) is 6.41. The Balaban J connectivity index is 1.56. The molecule has 1 aliphatic heterocycles. The molecule has 6 heteroatoms. The van der Waals surface area contributed by atoms with Crippen molar-refractivity contribution >= 4 is 11.6 Å². The van der Waals surface area contributed by atoms with Crippen molar-refractivity contribution in [1.29, 1.82) is 0 Å². The molecule has 0 bridgehead atoms. The minimum absolute atomic E-state index is 0.332. The first-order valence-electron chi connectivity index (χ1n) is 9.22. The fourth-order valence-corrected chi connectivity index (χ4v) is 3.40. The van der Waals surface area contributed by atoms with E-state index >= 15 is 0 Å². The van der Waals surface area contributed by atoms with Crippen molar-refractivity contribution in [3.63, 3.8) is 0 Å². The van der Waals surface area contributed by atoms with Crippen LogP contribution in [0.15, 0.2) is 53.5 Å². The van der Waals surface area contributed by atoms with Gasteiger partial charge in [-0.3, -0.25) is 4.99 Å². The van der Waals surface area contributed by atoms with Crippen molar-refractivity contribution in [2.24, 2.45) is 4.99 Å². The van der Waals surface area contributed by atoms with E-state index < -0.39 is 0 Å². The van der Waals surface area contributed by atoms with E-state index in [1.54, 1.807) is 21.3 Å². The number of nitrogens with one attached hydrogen (secondary N) is 2. The van der Waals surface area contributed by atoms with Gasteiger partial charge in [-0.15, -0.1) is 0 Å². The van der Waals surface area contributed by atoms with Crippen molar-refractivity contribution < 1.29 is 9.47 Å². The molecule has 2 aromatic carbocycles. The SMILES string of the molecule is CN=C(NCc1ccccc1OC)NC1CCN(c2ccccc2OC)C1. The van der Waals surface area contributed by atoms with Crippen molar-refractivity contribution in [3.8, 4) is 11.5 Å². The summed E-state index contributed by atoms with van der Waals surface area (Å²) >= 11 is 0. The normalized spacial score (nSPS) is 16.9. The Morgan fingerprint density at radius 3 is 2.52 bits per heavy atom. The first kappa shape index (κ1) is 18.9. The van der Waals surface area contributed by atoms with Crippen LogP contribution in [0.4, 0.5) is 5.69 Å². The summed E-state index contributed by atoms with van der Waals surface area (Å²) in [6.07, 6.45) is 1.05. The van der Waals surface area contributed by atoms with E-state index in [-0.39, 0.29) is 0 Å². The van der Waals surface area contributed by atoms with Crippen LogP contribution in [0.25, 0.3) is 0 Å². The van der Waals surface area contributed by atoms with Gasteiger partial charge in [0.25, 0.3) is 0 Å². The van der Waals surface area contributed by atoms with Crippen molar-refractivity contribution in [2.45, 2.75) is 19.0 Å². The van der Waals surface area contributed by atoms with Crippen molar-refractivity contribution in [3.05, 3.63) is 54.1 Å². The Morgan fingerprint density at radius 2 is 1.78 bits per heavy atom. The lowest BCUT2D eigenvalue weighted by atomic mass is 10.2. The number of benzene rings is 2. The van der Waals surface area contributed by atoms with E-state index in [9.17, 15) is 0 Å². The molecule has 1 heterocycles. The highest BCUT2D eigenvalue weighted by Crippen LogP contribution is 2.30. The third kappa shape index (κ3) is 4.64. The number of hydrogen-bond donors (Lipinski definition) is 2. The maximum absolute atomic E-state index is 5.49. The van der Waals surface area contributed by atoms with Gasteiger partial charge in [0.05, 0.1) is 19.9 Å². The maximum Gasteiger partial charge on any atom is 0.191 e. The molecule has 1 unspecified atom stereocenters. The van der Waals surface area contributed by atoms with Gasteiger partial charge in [-0.25, -0.2) is 0 Å². The van der Waals surface area contributed by atoms with E-state index in [1.807, 2.05) is 36.4 Å². The van der Waals surface area contributed by atoms with E-state index in [1.165, 1.54) is 0 Å². The molecule has 1 saturated heterocycles. The second kappa shape index (κ2) is 9.16. The quantitative estimate of drug-likeness (QED) is 0.606. The molecule has 1 fully saturated rings. The fraction of sp³-hybridized carbons (Fsp3) is 0.381. The average Bonchev–Trinajstić information content (AvgIpc) is 3.19. The molecule has 1 atom stereocenters. The zero-order valence-electron chi connectivity index (χ0n) is 16.2. The molecule has 3 rings (SSSR count). The number of anilines is 1. The van der Waals surface area contributed by atoms with Crippen LogP contribution in [-0.4, -0.2) is 46.4 Å². The van der Waals surface area contributed by atoms with Gasteiger partial charge >= 0.3 is 0 Å². The first-order valence-corrected chi connectivity index (χ1v) is 9.22. The first-order chi connectivity index (χ1) is 13.2. The Bertz CT molecular complexity index is 778. The lowest BCUT2D eigenvalue weighted by Gasteiger charge is -2.22. The summed E-state index contributed by atoms with van der Waals surface area (Å²) in [4.78, 5) is 6.72. The van der Waals surface area contributed by atoms with Crippen LogP contribution < -0.4 is 25.0 Å². The lowest BCUT2D eigenvalue weighted by Crippen LogP contribution is -2.44. The van der Waals surface area contributed by atoms with Crippen molar-refractivity contribution in [1.82, 2.24) is 10.6 Å². The van der Waals surface area contributed by atoms with Gasteiger partial charge in [0.2, 0.25) is 0 Å². The summed E-state index contributed by atoms with van der Waals surface area (Å²) in [7, 11) is 5.20. The van der Waals surface area contributed by atoms with E-state index in [4.69, 9.17) is 9.47 Å². The standard InChI is InChI=1S/C21H28N4O2/c1-22-21(23-14-16-8-4-6-10-19(16)26-2)24-17-12-13-25(15-17)18-9-5-7-11-20(18)27-3/h4-11,17H,12-15H2,1-3H3,(H2,22,23,24). The van der Waals surface area contributed by atoms with Crippen LogP contribution in [-0.2, 0) is 6.54 Å². The van der Waals surface area contributed by atoms with Crippen LogP contribution in [0.1, 0.15) is 12.0 Å². The minimum atomic E-state index is 0.332. The van der Waals surface area contributed by atoms with E-state index in [0.29, 0.717) is 12.6 Å². The Hall–Kier alpha value is -2.89. The smallest absolute Gasteiger partial charge is 0.191 e. The molecule has 27 heavy (non-hydrogen) atoms. The topological polar surface area (TPSA) is 58.1 Å². The summed E-state index contributed by atoms with van der Waals surface area (Å²) in [5.74, 6) is 2.59. The molecule has 6 nitrogen and oxygen atoms in total. The van der Waals surface area contributed by atoms with E-state index in [0.717, 1.165) is 48.2 Å². The molecule has 0 radical (unpaired) electrons. The number of rotatable bonds is 6. The van der Waals surface area contributed by atoms with Crippen LogP contribution in [0.5, 0.6) is 11.5 Å². The maximum atomic E-state index is 5.49. The van der Waals surface area contributed by atoms with Gasteiger partial charge in [0.1, 0.15) is 11.5 Å². The fourth-order valence-electron chi connectivity index (χ4n) is 3.40. The molecule has 0 saturated carbocycles. The number of hydrogen-bond acceptors (Lipinski definition) is 4. The number of ether oxygens (including phenoxy) is 2. The summed E-state index contributed by atoms with van der Waals surface area (Å²) in [5, 5.41) is 6.91. The van der Waals surface area contributed by atoms with Gasteiger partial charge in [0, 0.05) is 38.3 Å². The summed E-state index contributed by atoms with van der Waals surface area (Å²) < 4.78 is 10.9. The monoisotopic (exact) mass is 368 g/mol. The van der Waals surface area contributed by atoms with Gasteiger partial charge in [0.15, 0.2) is 5.96 Å². The van der Waals surface area contributed by atoms with Crippen LogP contribution >= 0.6 is 0 Å². The third-order valence-electron chi connectivity index (χ3n) is 4.82. The molecular weight excluding hydrogens is 340 g/mol. The third-order valence-corrected chi connectivity index (χ3v) is 4.82. The molecule has 0 aliphatic carbocycles. The lowest BCUT2D eigenvalue weighted by molar-refractivity contribution is 0.409. The molecule has 2 aromatic rings. The number of guanidine groups is 1.